The smallest absolute Gasteiger partial charge is 0.0534 e. The molecule has 0 saturated heterocycles. The van der Waals surface area contributed by atoms with Crippen LogP contribution in [0.25, 0.3) is 0 Å². The average molecular weight is 235 g/mol. The first kappa shape index (κ1) is 12.6. The third kappa shape index (κ3) is 4.15. The van der Waals surface area contributed by atoms with Crippen LogP contribution >= 0.6 is 0 Å². The largest absolute Gasteiger partial charge is 0.312 e. The van der Waals surface area contributed by atoms with Gasteiger partial charge in [-0.05, 0) is 37.2 Å². The van der Waals surface area contributed by atoms with Crippen LogP contribution in [0.4, 0.5) is 0 Å². The molecule has 1 aliphatic rings. The Labute approximate surface area is 105 Å². The lowest BCUT2D eigenvalue weighted by Crippen LogP contribution is -2.31. The molecule has 1 aromatic rings. The van der Waals surface area contributed by atoms with E-state index in [1.54, 1.807) is 0 Å². The molecule has 96 valence electrons. The molecule has 17 heavy (non-hydrogen) atoms. The fraction of sp³-hybridized carbons (Fsp3) is 0.786. The molecule has 1 unspecified atom stereocenters. The highest BCUT2D eigenvalue weighted by molar-refractivity contribution is 4.80. The summed E-state index contributed by atoms with van der Waals surface area (Å²) in [5, 5.41) is 7.89. The highest BCUT2D eigenvalue weighted by Gasteiger charge is 2.23. The molecule has 0 amide bonds. The summed E-state index contributed by atoms with van der Waals surface area (Å²) in [6, 6.07) is 2.70. The Bertz CT molecular complexity index is 316. The Kier molecular flexibility index (Phi) is 4.21. The van der Waals surface area contributed by atoms with Crippen molar-refractivity contribution in [3.05, 3.63) is 18.5 Å². The van der Waals surface area contributed by atoms with Gasteiger partial charge in [0, 0.05) is 25.0 Å². The van der Waals surface area contributed by atoms with Crippen molar-refractivity contribution in [3.8, 4) is 0 Å². The molecule has 1 saturated carbocycles. The van der Waals surface area contributed by atoms with E-state index in [2.05, 4.69) is 24.3 Å². The van der Waals surface area contributed by atoms with Crippen molar-refractivity contribution in [2.45, 2.75) is 58.5 Å². The van der Waals surface area contributed by atoms with E-state index in [0.717, 1.165) is 13.1 Å². The second-order valence-electron chi connectivity index (χ2n) is 6.02. The second-order valence-corrected chi connectivity index (χ2v) is 6.02. The summed E-state index contributed by atoms with van der Waals surface area (Å²) in [5.74, 6) is 0. The van der Waals surface area contributed by atoms with Crippen LogP contribution in [-0.4, -0.2) is 22.4 Å². The fourth-order valence-corrected chi connectivity index (χ4v) is 2.68. The van der Waals surface area contributed by atoms with Gasteiger partial charge in [-0.2, -0.15) is 5.10 Å². The van der Waals surface area contributed by atoms with Crippen LogP contribution in [0.15, 0.2) is 18.5 Å². The van der Waals surface area contributed by atoms with E-state index in [9.17, 15) is 0 Å². The Balaban J connectivity index is 1.69. The molecule has 0 aliphatic heterocycles. The molecule has 1 N–H and O–H groups in total. The summed E-state index contributed by atoms with van der Waals surface area (Å²) in [4.78, 5) is 0. The summed E-state index contributed by atoms with van der Waals surface area (Å²) in [6.45, 7) is 6.82. The van der Waals surface area contributed by atoms with E-state index in [-0.39, 0.29) is 0 Å². The van der Waals surface area contributed by atoms with Gasteiger partial charge in [-0.15, -0.1) is 0 Å². The molecule has 1 aromatic heterocycles. The standard InChI is InChI=1S/C14H25N3/c1-14(2)7-3-5-13(6-8-14)15-10-12-17-11-4-9-16-17/h4,9,11,13,15H,3,5-8,10,12H2,1-2H3. The van der Waals surface area contributed by atoms with Gasteiger partial charge < -0.3 is 5.32 Å². The predicted molar refractivity (Wildman–Crippen MR) is 70.9 cm³/mol. The van der Waals surface area contributed by atoms with Gasteiger partial charge in [-0.3, -0.25) is 4.68 Å². The first-order valence-electron chi connectivity index (χ1n) is 6.87. The van der Waals surface area contributed by atoms with E-state index in [0.29, 0.717) is 11.5 Å². The third-order valence-electron chi connectivity index (χ3n) is 3.91. The molecular formula is C14H25N3. The molecule has 3 nitrogen and oxygen atoms in total. The van der Waals surface area contributed by atoms with Crippen molar-refractivity contribution in [1.29, 1.82) is 0 Å². The van der Waals surface area contributed by atoms with Crippen molar-refractivity contribution < 1.29 is 0 Å². The zero-order chi connectivity index (χ0) is 12.1. The number of rotatable bonds is 4. The minimum Gasteiger partial charge on any atom is -0.312 e. The van der Waals surface area contributed by atoms with E-state index >= 15 is 0 Å². The average Bonchev–Trinajstić information content (AvgIpc) is 2.72. The maximum absolute atomic E-state index is 4.22. The van der Waals surface area contributed by atoms with Gasteiger partial charge in [0.25, 0.3) is 0 Å². The van der Waals surface area contributed by atoms with Gasteiger partial charge in [0.05, 0.1) is 6.54 Å². The molecule has 2 rings (SSSR count). The quantitative estimate of drug-likeness (QED) is 0.813. The van der Waals surface area contributed by atoms with Crippen molar-refractivity contribution in [3.63, 3.8) is 0 Å². The molecule has 0 aromatic carbocycles. The van der Waals surface area contributed by atoms with E-state index in [1.165, 1.54) is 32.1 Å². The Morgan fingerprint density at radius 2 is 2.24 bits per heavy atom. The lowest BCUT2D eigenvalue weighted by atomic mass is 9.85. The SMILES string of the molecule is CC1(C)CCCC(NCCn2cccn2)CC1. The lowest BCUT2D eigenvalue weighted by molar-refractivity contribution is 0.309. The minimum absolute atomic E-state index is 0.554. The molecule has 1 aliphatic carbocycles. The molecular weight excluding hydrogens is 210 g/mol. The normalized spacial score (nSPS) is 24.5. The summed E-state index contributed by atoms with van der Waals surface area (Å²) in [5.41, 5.74) is 0.554. The molecule has 0 radical (unpaired) electrons. The summed E-state index contributed by atoms with van der Waals surface area (Å²) in [7, 11) is 0. The molecule has 1 heterocycles. The Morgan fingerprint density at radius 3 is 3.00 bits per heavy atom. The van der Waals surface area contributed by atoms with E-state index in [1.807, 2.05) is 23.1 Å². The Morgan fingerprint density at radius 1 is 1.35 bits per heavy atom. The number of nitrogens with zero attached hydrogens (tertiary/aromatic N) is 2. The van der Waals surface area contributed by atoms with Crippen LogP contribution in [0, 0.1) is 5.41 Å². The molecule has 0 spiro atoms. The van der Waals surface area contributed by atoms with Crippen LogP contribution in [0.5, 0.6) is 0 Å². The van der Waals surface area contributed by atoms with Crippen LogP contribution in [0.3, 0.4) is 0 Å². The topological polar surface area (TPSA) is 29.9 Å². The minimum atomic E-state index is 0.554. The van der Waals surface area contributed by atoms with Crippen LogP contribution in [0.2, 0.25) is 0 Å². The third-order valence-corrected chi connectivity index (χ3v) is 3.91. The van der Waals surface area contributed by atoms with Crippen molar-refractivity contribution in [1.82, 2.24) is 15.1 Å². The monoisotopic (exact) mass is 235 g/mol. The fourth-order valence-electron chi connectivity index (χ4n) is 2.68. The van der Waals surface area contributed by atoms with Gasteiger partial charge in [-0.1, -0.05) is 20.3 Å². The molecule has 3 heteroatoms. The lowest BCUT2D eigenvalue weighted by Gasteiger charge is -2.22. The first-order valence-corrected chi connectivity index (χ1v) is 6.87. The zero-order valence-electron chi connectivity index (χ0n) is 11.2. The predicted octanol–water partition coefficient (Wildman–Crippen LogP) is 2.83. The highest BCUT2D eigenvalue weighted by atomic mass is 15.3. The van der Waals surface area contributed by atoms with E-state index in [4.69, 9.17) is 0 Å². The van der Waals surface area contributed by atoms with Crippen LogP contribution in [0.1, 0.15) is 46.0 Å². The van der Waals surface area contributed by atoms with Gasteiger partial charge in [0.2, 0.25) is 0 Å². The first-order chi connectivity index (χ1) is 8.16. The van der Waals surface area contributed by atoms with Crippen molar-refractivity contribution in [2.24, 2.45) is 5.41 Å². The maximum atomic E-state index is 4.22. The molecule has 1 atom stereocenters. The van der Waals surface area contributed by atoms with Gasteiger partial charge in [0.15, 0.2) is 0 Å². The Hall–Kier alpha value is -0.830. The van der Waals surface area contributed by atoms with Crippen molar-refractivity contribution >= 4 is 0 Å². The van der Waals surface area contributed by atoms with Gasteiger partial charge in [-0.25, -0.2) is 0 Å². The van der Waals surface area contributed by atoms with Gasteiger partial charge >= 0.3 is 0 Å². The number of hydrogen-bond donors (Lipinski definition) is 1. The molecule has 0 bridgehead atoms. The molecule has 1 fully saturated rings. The maximum Gasteiger partial charge on any atom is 0.0534 e. The zero-order valence-corrected chi connectivity index (χ0v) is 11.2. The summed E-state index contributed by atoms with van der Waals surface area (Å²) < 4.78 is 1.99. The van der Waals surface area contributed by atoms with E-state index < -0.39 is 0 Å². The number of hydrogen-bond acceptors (Lipinski definition) is 2. The second kappa shape index (κ2) is 5.67. The van der Waals surface area contributed by atoms with Crippen molar-refractivity contribution in [2.75, 3.05) is 6.54 Å². The van der Waals surface area contributed by atoms with Gasteiger partial charge in [0.1, 0.15) is 0 Å². The summed E-state index contributed by atoms with van der Waals surface area (Å²) in [6.07, 6.45) is 10.6. The van der Waals surface area contributed by atoms with Crippen LogP contribution in [-0.2, 0) is 6.54 Å². The highest BCUT2D eigenvalue weighted by Crippen LogP contribution is 2.33. The summed E-state index contributed by atoms with van der Waals surface area (Å²) >= 11 is 0. The number of aromatic nitrogens is 2. The number of nitrogens with one attached hydrogen (secondary N) is 1. The van der Waals surface area contributed by atoms with Crippen LogP contribution < -0.4 is 5.32 Å².